The van der Waals surface area contributed by atoms with E-state index in [2.05, 4.69) is 145 Å². The quantitative estimate of drug-likeness (QED) is 0.122. The number of fused-ring (bicyclic) bond motifs is 14. The first kappa shape index (κ1) is 37.1. The summed E-state index contributed by atoms with van der Waals surface area (Å²) < 4.78 is 24.5. The molecule has 8 aromatic rings. The monoisotopic (exact) mass is 797 g/mol. The topological polar surface area (TPSA) is 12.7 Å². The SMILES string of the molecule is C=C1CC2C(CCc3cc4sc5cc(-c6cccc(F)c6)ccc5c4cc3-c3n1c1ccccc1[n+]3CC)c1ccccc1-c1cc(CC(C)C)c([Si](C)(C)C)c[n+]12. The van der Waals surface area contributed by atoms with E-state index < -0.39 is 8.07 Å². The Balaban J connectivity index is 1.21. The highest BCUT2D eigenvalue weighted by molar-refractivity contribution is 7.25. The summed E-state index contributed by atoms with van der Waals surface area (Å²) in [5.74, 6) is 1.92. The van der Waals surface area contributed by atoms with Crippen molar-refractivity contribution in [3.8, 4) is 33.8 Å². The van der Waals surface area contributed by atoms with Gasteiger partial charge in [-0.25, -0.2) is 8.96 Å². The van der Waals surface area contributed by atoms with Crippen LogP contribution in [0.5, 0.6) is 0 Å². The molecule has 0 amide bonds. The third-order valence-corrected chi connectivity index (χ3v) is 16.1. The lowest BCUT2D eigenvalue weighted by atomic mass is 9.77. The van der Waals surface area contributed by atoms with Crippen molar-refractivity contribution in [2.75, 3.05) is 0 Å². The van der Waals surface area contributed by atoms with Crippen LogP contribution in [-0.4, -0.2) is 12.6 Å². The molecule has 10 rings (SSSR count). The highest BCUT2D eigenvalue weighted by Gasteiger charge is 2.44. The molecule has 3 aromatic heterocycles. The van der Waals surface area contributed by atoms with Gasteiger partial charge in [0.25, 0.3) is 5.82 Å². The van der Waals surface area contributed by atoms with Crippen LogP contribution in [0.2, 0.25) is 19.6 Å². The molecule has 0 saturated heterocycles. The highest BCUT2D eigenvalue weighted by atomic mass is 32.1. The van der Waals surface area contributed by atoms with Crippen LogP contribution >= 0.6 is 11.3 Å². The maximum Gasteiger partial charge on any atom is 0.295 e. The van der Waals surface area contributed by atoms with Gasteiger partial charge in [-0.1, -0.05) is 94.7 Å². The van der Waals surface area contributed by atoms with E-state index >= 15 is 0 Å². The molecular weight excluding hydrogens is 746 g/mol. The molecule has 0 saturated carbocycles. The third kappa shape index (κ3) is 6.02. The van der Waals surface area contributed by atoms with Crippen LogP contribution in [0.4, 0.5) is 4.39 Å². The smallest absolute Gasteiger partial charge is 0.223 e. The summed E-state index contributed by atoms with van der Waals surface area (Å²) >= 11 is 1.85. The van der Waals surface area contributed by atoms with Crippen molar-refractivity contribution in [1.29, 1.82) is 0 Å². The van der Waals surface area contributed by atoms with Gasteiger partial charge in [0, 0.05) is 42.9 Å². The Kier molecular flexibility index (Phi) is 8.95. The fourth-order valence-corrected chi connectivity index (χ4v) is 13.2. The molecule has 0 bridgehead atoms. The summed E-state index contributed by atoms with van der Waals surface area (Å²) in [5.41, 5.74) is 13.9. The Morgan fingerprint density at radius 3 is 2.41 bits per heavy atom. The number of aromatic nitrogens is 3. The Labute approximate surface area is 346 Å². The largest absolute Gasteiger partial charge is 0.295 e. The van der Waals surface area contributed by atoms with Gasteiger partial charge in [-0.15, -0.1) is 11.3 Å². The molecule has 0 radical (unpaired) electrons. The number of rotatable bonds is 5. The predicted molar refractivity (Wildman–Crippen MR) is 245 cm³/mol. The molecule has 2 aliphatic heterocycles. The van der Waals surface area contributed by atoms with Gasteiger partial charge in [0.05, 0.1) is 26.6 Å². The number of hydrogen-bond donors (Lipinski definition) is 0. The maximum absolute atomic E-state index is 14.3. The molecule has 2 aliphatic rings. The minimum absolute atomic E-state index is 0.209. The average molecular weight is 798 g/mol. The number of imidazole rings is 1. The number of para-hydroxylation sites is 2. The zero-order chi connectivity index (χ0) is 40.0. The second-order valence-electron chi connectivity index (χ2n) is 18.1. The fourth-order valence-electron chi connectivity index (χ4n) is 10.3. The molecule has 2 atom stereocenters. The van der Waals surface area contributed by atoms with E-state index in [-0.39, 0.29) is 11.9 Å². The number of thiophene rings is 1. The zero-order valence-corrected chi connectivity index (χ0v) is 36.4. The van der Waals surface area contributed by atoms with Crippen LogP contribution in [0, 0.1) is 11.7 Å². The second-order valence-corrected chi connectivity index (χ2v) is 24.3. The molecule has 5 aromatic carbocycles. The Bertz CT molecular complexity index is 2960. The molecule has 5 heterocycles. The third-order valence-electron chi connectivity index (χ3n) is 12.9. The molecule has 6 heteroatoms. The Morgan fingerprint density at radius 2 is 1.62 bits per heavy atom. The summed E-state index contributed by atoms with van der Waals surface area (Å²) in [7, 11) is -1.69. The summed E-state index contributed by atoms with van der Waals surface area (Å²) in [6.07, 6.45) is 6.55. The van der Waals surface area contributed by atoms with Gasteiger partial charge in [0.15, 0.2) is 23.3 Å². The van der Waals surface area contributed by atoms with Gasteiger partial charge in [0.1, 0.15) is 11.5 Å². The molecule has 290 valence electrons. The van der Waals surface area contributed by atoms with Crippen molar-refractivity contribution >= 4 is 61.5 Å². The number of nitrogens with zero attached hydrogens (tertiary/aromatic N) is 3. The van der Waals surface area contributed by atoms with E-state index in [1.54, 1.807) is 17.3 Å². The highest BCUT2D eigenvalue weighted by Crippen LogP contribution is 2.47. The minimum atomic E-state index is -1.69. The summed E-state index contributed by atoms with van der Waals surface area (Å²) in [6, 6.07) is 39.5. The lowest BCUT2D eigenvalue weighted by molar-refractivity contribution is -0.716. The molecule has 2 unspecified atom stereocenters. The lowest BCUT2D eigenvalue weighted by Crippen LogP contribution is -2.54. The first-order valence-electron chi connectivity index (χ1n) is 21.1. The van der Waals surface area contributed by atoms with E-state index in [4.69, 9.17) is 6.58 Å². The van der Waals surface area contributed by atoms with Crippen molar-refractivity contribution in [2.24, 2.45) is 5.92 Å². The van der Waals surface area contributed by atoms with Gasteiger partial charge >= 0.3 is 0 Å². The second kappa shape index (κ2) is 14.0. The van der Waals surface area contributed by atoms with Gasteiger partial charge in [0.2, 0.25) is 5.69 Å². The molecule has 0 aliphatic carbocycles. The van der Waals surface area contributed by atoms with Crippen LogP contribution in [-0.2, 0) is 19.4 Å². The predicted octanol–water partition coefficient (Wildman–Crippen LogP) is 12.6. The summed E-state index contributed by atoms with van der Waals surface area (Å²) in [4.78, 5) is 0. The number of hydrogen-bond acceptors (Lipinski definition) is 1. The average Bonchev–Trinajstić information content (AvgIpc) is 3.73. The number of aryl methyl sites for hydroxylation is 2. The van der Waals surface area contributed by atoms with E-state index in [0.29, 0.717) is 11.8 Å². The lowest BCUT2D eigenvalue weighted by Gasteiger charge is -2.33. The first-order chi connectivity index (χ1) is 28.0. The summed E-state index contributed by atoms with van der Waals surface area (Å²) in [5, 5.41) is 4.10. The summed E-state index contributed by atoms with van der Waals surface area (Å²) in [6.45, 7) is 20.4. The van der Waals surface area contributed by atoms with Crippen LogP contribution < -0.4 is 14.3 Å². The maximum atomic E-state index is 14.3. The van der Waals surface area contributed by atoms with E-state index in [9.17, 15) is 4.39 Å². The normalized spacial score (nSPS) is 16.7. The molecule has 58 heavy (non-hydrogen) atoms. The van der Waals surface area contributed by atoms with Gasteiger partial charge in [-0.3, -0.25) is 0 Å². The van der Waals surface area contributed by atoms with Crippen LogP contribution in [0.15, 0.2) is 122 Å². The molecule has 3 nitrogen and oxygen atoms in total. The van der Waals surface area contributed by atoms with Crippen molar-refractivity contribution in [3.63, 3.8) is 0 Å². The van der Waals surface area contributed by atoms with Crippen molar-refractivity contribution < 1.29 is 13.5 Å². The fraction of sp³-hybridized carbons (Fsp3) is 0.269. The van der Waals surface area contributed by atoms with Crippen molar-refractivity contribution in [2.45, 2.75) is 84.6 Å². The van der Waals surface area contributed by atoms with Gasteiger partial charge in [-0.05, 0) is 108 Å². The van der Waals surface area contributed by atoms with Crippen LogP contribution in [0.3, 0.4) is 0 Å². The van der Waals surface area contributed by atoms with E-state index in [1.807, 2.05) is 17.4 Å². The number of allylic oxidation sites excluding steroid dienone is 1. The minimum Gasteiger partial charge on any atom is -0.223 e. The number of benzene rings is 5. The van der Waals surface area contributed by atoms with Gasteiger partial charge in [-0.2, -0.15) is 9.13 Å². The zero-order valence-electron chi connectivity index (χ0n) is 34.6. The van der Waals surface area contributed by atoms with Gasteiger partial charge < -0.3 is 0 Å². The van der Waals surface area contributed by atoms with Crippen molar-refractivity contribution in [1.82, 2.24) is 4.57 Å². The molecule has 0 spiro atoms. The number of halogens is 1. The molecular formula is C52H52FN3SSi+2. The molecule has 0 N–H and O–H groups in total. The van der Waals surface area contributed by atoms with Crippen LogP contribution in [0.25, 0.3) is 70.7 Å². The standard InChI is InChI=1S/C52H52FN3SSi/c1-8-54-45-18-11-12-19-46(45)56-33(4)25-47-41(39-16-9-10-17-40(39)48-27-37(24-32(2)3)51(31-55(47)48)58(5,6)7)22-21-36-29-50-44(30-43(36)52(54)56)42-23-20-35(28-49(42)57-50)34-14-13-15-38(53)26-34/h9-20,23,26-32,41,47H,4,8,21-22,24-25H2,1-3,5-7H3/q+2. The van der Waals surface area contributed by atoms with Crippen LogP contribution in [0.1, 0.15) is 62.3 Å². The van der Waals surface area contributed by atoms with E-state index in [1.165, 1.54) is 76.6 Å². The molecule has 0 fully saturated rings. The first-order valence-corrected chi connectivity index (χ1v) is 25.4. The Hall–Kier alpha value is -5.17. The number of pyridine rings is 1. The van der Waals surface area contributed by atoms with E-state index in [0.717, 1.165) is 49.1 Å². The Morgan fingerprint density at radius 1 is 0.845 bits per heavy atom. The van der Waals surface area contributed by atoms with Crippen molar-refractivity contribution in [3.05, 3.63) is 144 Å².